The number of ether oxygens (including phenoxy) is 2. The fraction of sp³-hybridized carbons (Fsp3) is 0.323. The summed E-state index contributed by atoms with van der Waals surface area (Å²) in [6.07, 6.45) is 3.42. The molecule has 7 heteroatoms. The van der Waals surface area contributed by atoms with Gasteiger partial charge < -0.3 is 29.3 Å². The predicted octanol–water partition coefficient (Wildman–Crippen LogP) is 4.66. The SMILES string of the molecule is COc1ccccc1-c1ccc(OCCN(C)C)c(C(=O)C=Cc2ccc(O)cc2N2CCN(C)CC2)c1. The molecule has 3 aromatic carbocycles. The number of likely N-dealkylation sites (N-methyl/N-ethyl adjacent to an activating group) is 2. The van der Waals surface area contributed by atoms with Gasteiger partial charge in [0.1, 0.15) is 23.9 Å². The lowest BCUT2D eigenvalue weighted by atomic mass is 9.99. The standard InChI is InChI=1S/C31H37N3O4/c1-32(2)19-20-38-31-14-11-24(26-7-5-6-8-30(26)37-4)21-27(31)29(36)13-10-23-9-12-25(35)22-28(23)34-17-15-33(3)16-18-34/h5-14,21-22,35H,15-20H2,1-4H3. The van der Waals surface area contributed by atoms with Crippen LogP contribution in [0.15, 0.2) is 66.7 Å². The first kappa shape index (κ1) is 27.2. The van der Waals surface area contributed by atoms with E-state index in [4.69, 9.17) is 9.47 Å². The summed E-state index contributed by atoms with van der Waals surface area (Å²) < 4.78 is 11.6. The number of carbonyl (C=O) groups is 1. The van der Waals surface area contributed by atoms with E-state index in [-0.39, 0.29) is 11.5 Å². The molecule has 1 N–H and O–H groups in total. The molecule has 0 atom stereocenters. The van der Waals surface area contributed by atoms with Crippen molar-refractivity contribution >= 4 is 17.5 Å². The van der Waals surface area contributed by atoms with E-state index in [9.17, 15) is 9.90 Å². The van der Waals surface area contributed by atoms with Crippen molar-refractivity contribution in [2.24, 2.45) is 0 Å². The van der Waals surface area contributed by atoms with Crippen LogP contribution < -0.4 is 14.4 Å². The molecule has 0 unspecified atom stereocenters. The molecule has 200 valence electrons. The van der Waals surface area contributed by atoms with Crippen LogP contribution >= 0.6 is 0 Å². The zero-order valence-corrected chi connectivity index (χ0v) is 22.7. The fourth-order valence-electron chi connectivity index (χ4n) is 4.49. The van der Waals surface area contributed by atoms with Gasteiger partial charge in [-0.25, -0.2) is 0 Å². The maximum absolute atomic E-state index is 13.6. The average molecular weight is 516 g/mol. The van der Waals surface area contributed by atoms with E-state index < -0.39 is 0 Å². The number of hydrogen-bond donors (Lipinski definition) is 1. The van der Waals surface area contributed by atoms with Crippen molar-refractivity contribution in [2.45, 2.75) is 0 Å². The molecule has 0 aliphatic carbocycles. The molecule has 38 heavy (non-hydrogen) atoms. The van der Waals surface area contributed by atoms with Crippen molar-refractivity contribution < 1.29 is 19.4 Å². The van der Waals surface area contributed by atoms with Crippen LogP contribution in [-0.4, -0.2) is 88.3 Å². The number of aromatic hydroxyl groups is 1. The van der Waals surface area contributed by atoms with Gasteiger partial charge in [0.15, 0.2) is 5.78 Å². The molecule has 0 aromatic heterocycles. The van der Waals surface area contributed by atoms with Crippen LogP contribution in [0.3, 0.4) is 0 Å². The number of ketones is 1. The van der Waals surface area contributed by atoms with Gasteiger partial charge in [-0.3, -0.25) is 4.79 Å². The van der Waals surface area contributed by atoms with Crippen molar-refractivity contribution in [1.82, 2.24) is 9.80 Å². The summed E-state index contributed by atoms with van der Waals surface area (Å²) in [5.41, 5.74) is 4.08. The van der Waals surface area contributed by atoms with Gasteiger partial charge in [-0.15, -0.1) is 0 Å². The number of methoxy groups -OCH3 is 1. The minimum absolute atomic E-state index is 0.154. The second-order valence-electron chi connectivity index (χ2n) is 9.79. The monoisotopic (exact) mass is 515 g/mol. The summed E-state index contributed by atoms with van der Waals surface area (Å²) in [4.78, 5) is 20.2. The molecule has 1 aliphatic rings. The fourth-order valence-corrected chi connectivity index (χ4v) is 4.49. The van der Waals surface area contributed by atoms with Gasteiger partial charge in [0.2, 0.25) is 0 Å². The van der Waals surface area contributed by atoms with Gasteiger partial charge in [0, 0.05) is 50.0 Å². The number of phenolic OH excluding ortho intramolecular Hbond substituents is 1. The lowest BCUT2D eigenvalue weighted by Crippen LogP contribution is -2.44. The molecule has 0 spiro atoms. The summed E-state index contributed by atoms with van der Waals surface area (Å²) in [5, 5.41) is 10.2. The summed E-state index contributed by atoms with van der Waals surface area (Å²) in [6.45, 7) is 4.82. The molecule has 0 amide bonds. The molecular formula is C31H37N3O4. The third-order valence-corrected chi connectivity index (χ3v) is 6.73. The first-order chi connectivity index (χ1) is 18.4. The molecule has 0 radical (unpaired) electrons. The Morgan fingerprint density at radius 3 is 2.50 bits per heavy atom. The highest BCUT2D eigenvalue weighted by Gasteiger charge is 2.18. The Hall–Kier alpha value is -3.81. The van der Waals surface area contributed by atoms with Crippen molar-refractivity contribution in [3.63, 3.8) is 0 Å². The minimum atomic E-state index is -0.154. The van der Waals surface area contributed by atoms with Crippen LogP contribution in [0.5, 0.6) is 17.2 Å². The maximum atomic E-state index is 13.6. The summed E-state index contributed by atoms with van der Waals surface area (Å²) in [7, 11) is 7.72. The molecule has 0 saturated carbocycles. The highest BCUT2D eigenvalue weighted by Crippen LogP contribution is 2.34. The van der Waals surface area contributed by atoms with Crippen LogP contribution in [0.1, 0.15) is 15.9 Å². The first-order valence-corrected chi connectivity index (χ1v) is 12.9. The molecule has 4 rings (SSSR count). The lowest BCUT2D eigenvalue weighted by Gasteiger charge is -2.35. The van der Waals surface area contributed by atoms with E-state index >= 15 is 0 Å². The van der Waals surface area contributed by atoms with Crippen LogP contribution in [-0.2, 0) is 0 Å². The number of nitrogens with zero attached hydrogens (tertiary/aromatic N) is 3. The van der Waals surface area contributed by atoms with Crippen molar-refractivity contribution in [1.29, 1.82) is 0 Å². The molecule has 3 aromatic rings. The molecular weight excluding hydrogens is 478 g/mol. The van der Waals surface area contributed by atoms with E-state index in [1.54, 1.807) is 25.3 Å². The van der Waals surface area contributed by atoms with Gasteiger partial charge in [-0.05, 0) is 74.8 Å². The Balaban J connectivity index is 1.66. The zero-order chi connectivity index (χ0) is 27.1. The van der Waals surface area contributed by atoms with Crippen molar-refractivity contribution in [3.8, 4) is 28.4 Å². The number of rotatable bonds is 10. The third kappa shape index (κ3) is 6.73. The third-order valence-electron chi connectivity index (χ3n) is 6.73. The number of carbonyl (C=O) groups excluding carboxylic acids is 1. The summed E-state index contributed by atoms with van der Waals surface area (Å²) in [5.74, 6) is 1.34. The molecule has 1 saturated heterocycles. The zero-order valence-electron chi connectivity index (χ0n) is 22.7. The number of anilines is 1. The van der Waals surface area contributed by atoms with E-state index in [1.807, 2.05) is 73.6 Å². The predicted molar refractivity (Wildman–Crippen MR) is 154 cm³/mol. The number of piperazine rings is 1. The minimum Gasteiger partial charge on any atom is -0.508 e. The van der Waals surface area contributed by atoms with Gasteiger partial charge >= 0.3 is 0 Å². The number of benzene rings is 3. The second kappa shape index (κ2) is 12.6. The molecule has 7 nitrogen and oxygen atoms in total. The Bertz CT molecular complexity index is 1280. The Morgan fingerprint density at radius 2 is 1.76 bits per heavy atom. The average Bonchev–Trinajstić information content (AvgIpc) is 2.92. The maximum Gasteiger partial charge on any atom is 0.189 e. The topological polar surface area (TPSA) is 65.5 Å². The van der Waals surface area contributed by atoms with Gasteiger partial charge in [0.25, 0.3) is 0 Å². The van der Waals surface area contributed by atoms with Crippen LogP contribution in [0.25, 0.3) is 17.2 Å². The first-order valence-electron chi connectivity index (χ1n) is 12.9. The van der Waals surface area contributed by atoms with Crippen molar-refractivity contribution in [3.05, 3.63) is 77.9 Å². The van der Waals surface area contributed by atoms with Gasteiger partial charge in [-0.2, -0.15) is 0 Å². The number of allylic oxidation sites excluding steroid dienone is 1. The normalized spacial score (nSPS) is 14.3. The summed E-state index contributed by atoms with van der Waals surface area (Å²) in [6, 6.07) is 18.7. The van der Waals surface area contributed by atoms with E-state index in [1.165, 1.54) is 0 Å². The highest BCUT2D eigenvalue weighted by atomic mass is 16.5. The number of phenols is 1. The highest BCUT2D eigenvalue weighted by molar-refractivity contribution is 6.09. The number of hydrogen-bond acceptors (Lipinski definition) is 7. The largest absolute Gasteiger partial charge is 0.508 e. The summed E-state index contributed by atoms with van der Waals surface area (Å²) >= 11 is 0. The van der Waals surface area contributed by atoms with Gasteiger partial charge in [0.05, 0.1) is 12.7 Å². The number of para-hydroxylation sites is 1. The Kier molecular flexibility index (Phi) is 9.05. The van der Waals surface area contributed by atoms with E-state index in [0.717, 1.165) is 60.9 Å². The molecule has 0 bridgehead atoms. The van der Waals surface area contributed by atoms with Crippen molar-refractivity contribution in [2.75, 3.05) is 72.5 Å². The van der Waals surface area contributed by atoms with E-state index in [2.05, 4.69) is 16.8 Å². The quantitative estimate of drug-likeness (QED) is 0.311. The molecule has 1 fully saturated rings. The Labute approximate surface area is 225 Å². The van der Waals surface area contributed by atoms with Crippen LogP contribution in [0.2, 0.25) is 0 Å². The van der Waals surface area contributed by atoms with Gasteiger partial charge in [-0.1, -0.05) is 24.3 Å². The second-order valence-corrected chi connectivity index (χ2v) is 9.79. The molecule has 1 heterocycles. The smallest absolute Gasteiger partial charge is 0.189 e. The Morgan fingerprint density at radius 1 is 1.00 bits per heavy atom. The van der Waals surface area contributed by atoms with E-state index in [0.29, 0.717) is 17.9 Å². The van der Waals surface area contributed by atoms with Crippen LogP contribution in [0.4, 0.5) is 5.69 Å². The molecule has 1 aliphatic heterocycles. The lowest BCUT2D eigenvalue weighted by molar-refractivity contribution is 0.104. The van der Waals surface area contributed by atoms with Crippen LogP contribution in [0, 0.1) is 0 Å².